The van der Waals surface area contributed by atoms with Crippen molar-refractivity contribution in [1.82, 2.24) is 19.9 Å². The van der Waals surface area contributed by atoms with Crippen molar-refractivity contribution in [2.24, 2.45) is 0 Å². The number of rotatable bonds is 10. The van der Waals surface area contributed by atoms with Gasteiger partial charge in [-0.2, -0.15) is 5.10 Å². The number of alkyl halides is 3. The van der Waals surface area contributed by atoms with Crippen LogP contribution in [0.25, 0.3) is 11.3 Å². The van der Waals surface area contributed by atoms with Crippen molar-refractivity contribution in [3.63, 3.8) is 0 Å². The van der Waals surface area contributed by atoms with Gasteiger partial charge in [0, 0.05) is 23.3 Å². The normalized spacial score (nSPS) is 13.9. The fourth-order valence-electron chi connectivity index (χ4n) is 4.44. The Balaban J connectivity index is 1.31. The molecule has 0 fully saturated rings. The molecular formula is C29H23F5N4O4. The molecule has 3 aromatic carbocycles. The van der Waals surface area contributed by atoms with E-state index < -0.39 is 29.5 Å². The van der Waals surface area contributed by atoms with Crippen LogP contribution in [-0.4, -0.2) is 31.4 Å². The topological polar surface area (TPSA) is 95.4 Å². The van der Waals surface area contributed by atoms with Crippen LogP contribution >= 0.6 is 0 Å². The summed E-state index contributed by atoms with van der Waals surface area (Å²) < 4.78 is 82.4. The predicted molar refractivity (Wildman–Crippen MR) is 138 cm³/mol. The molecule has 0 saturated carbocycles. The van der Waals surface area contributed by atoms with Crippen LogP contribution in [0.4, 0.5) is 22.0 Å². The summed E-state index contributed by atoms with van der Waals surface area (Å²) in [5.74, 6) is -2.23. The molecule has 0 radical (unpaired) electrons. The molecule has 5 rings (SSSR count). The van der Waals surface area contributed by atoms with Crippen molar-refractivity contribution in [2.45, 2.75) is 38.0 Å². The smallest absolute Gasteiger partial charge is 0.489 e. The van der Waals surface area contributed by atoms with E-state index in [4.69, 9.17) is 9.26 Å². The Labute approximate surface area is 235 Å². The number of aliphatic hydroxyl groups is 1. The molecule has 42 heavy (non-hydrogen) atoms. The van der Waals surface area contributed by atoms with Gasteiger partial charge in [0.2, 0.25) is 0 Å². The van der Waals surface area contributed by atoms with Gasteiger partial charge in [-0.3, -0.25) is 0 Å². The van der Waals surface area contributed by atoms with Gasteiger partial charge in [0.05, 0.1) is 12.5 Å². The third-order valence-electron chi connectivity index (χ3n) is 6.63. The molecule has 0 spiro atoms. The Kier molecular flexibility index (Phi) is 7.94. The van der Waals surface area contributed by atoms with Crippen LogP contribution in [-0.2, 0) is 18.8 Å². The Morgan fingerprint density at radius 3 is 2.45 bits per heavy atom. The van der Waals surface area contributed by atoms with E-state index in [1.165, 1.54) is 41.6 Å². The molecule has 0 bridgehead atoms. The second-order valence-corrected chi connectivity index (χ2v) is 9.49. The molecule has 8 nitrogen and oxygen atoms in total. The lowest BCUT2D eigenvalue weighted by molar-refractivity contribution is -0.274. The summed E-state index contributed by atoms with van der Waals surface area (Å²) in [6.07, 6.45) is -2.16. The van der Waals surface area contributed by atoms with Crippen LogP contribution < -0.4 is 9.47 Å². The number of halogens is 5. The second-order valence-electron chi connectivity index (χ2n) is 9.49. The van der Waals surface area contributed by atoms with Crippen molar-refractivity contribution in [2.75, 3.05) is 0 Å². The number of hydrogen-bond acceptors (Lipinski definition) is 7. The summed E-state index contributed by atoms with van der Waals surface area (Å²) in [5.41, 5.74) is -0.530. The summed E-state index contributed by atoms with van der Waals surface area (Å²) in [7, 11) is 0. The first-order valence-corrected chi connectivity index (χ1v) is 12.5. The highest BCUT2D eigenvalue weighted by molar-refractivity contribution is 5.60. The van der Waals surface area contributed by atoms with Crippen molar-refractivity contribution < 1.29 is 41.1 Å². The van der Waals surface area contributed by atoms with Gasteiger partial charge >= 0.3 is 6.36 Å². The fourth-order valence-corrected chi connectivity index (χ4v) is 4.44. The van der Waals surface area contributed by atoms with Gasteiger partial charge in [0.25, 0.3) is 0 Å². The molecule has 2 heterocycles. The molecule has 5 aromatic rings. The molecule has 218 valence electrons. The molecule has 2 atom stereocenters. The van der Waals surface area contributed by atoms with E-state index in [-0.39, 0.29) is 30.2 Å². The predicted octanol–water partition coefficient (Wildman–Crippen LogP) is 6.38. The maximum absolute atomic E-state index is 14.9. The highest BCUT2D eigenvalue weighted by Crippen LogP contribution is 2.40. The zero-order valence-corrected chi connectivity index (χ0v) is 21.9. The number of benzene rings is 3. The Bertz CT molecular complexity index is 1640. The van der Waals surface area contributed by atoms with Crippen LogP contribution in [0.1, 0.15) is 29.7 Å². The first-order valence-electron chi connectivity index (χ1n) is 12.5. The minimum atomic E-state index is -4.79. The summed E-state index contributed by atoms with van der Waals surface area (Å²) in [5, 5.41) is 19.9. The molecule has 0 unspecified atom stereocenters. The number of ether oxygens (including phenoxy) is 2. The third-order valence-corrected chi connectivity index (χ3v) is 6.63. The fraction of sp³-hybridized carbons (Fsp3) is 0.207. The average molecular weight is 587 g/mol. The molecular weight excluding hydrogens is 563 g/mol. The molecule has 13 heteroatoms. The largest absolute Gasteiger partial charge is 0.573 e. The van der Waals surface area contributed by atoms with Gasteiger partial charge in [-0.15, -0.1) is 13.2 Å². The highest BCUT2D eigenvalue weighted by atomic mass is 19.4. The molecule has 0 amide bonds. The minimum Gasteiger partial charge on any atom is -0.489 e. The van der Waals surface area contributed by atoms with Gasteiger partial charge in [-0.1, -0.05) is 30.3 Å². The Hall–Kier alpha value is -4.78. The lowest BCUT2D eigenvalue weighted by Crippen LogP contribution is -2.38. The number of aromatic nitrogens is 4. The summed E-state index contributed by atoms with van der Waals surface area (Å²) in [6.45, 7) is 1.42. The highest BCUT2D eigenvalue weighted by Gasteiger charge is 2.42. The average Bonchev–Trinajstić information content (AvgIpc) is 3.64. The zero-order valence-electron chi connectivity index (χ0n) is 21.9. The third kappa shape index (κ3) is 6.57. The Morgan fingerprint density at radius 2 is 1.76 bits per heavy atom. The van der Waals surface area contributed by atoms with Crippen LogP contribution in [0.15, 0.2) is 90.0 Å². The molecule has 0 aliphatic rings. The van der Waals surface area contributed by atoms with Crippen LogP contribution in [0, 0.1) is 11.6 Å². The standard InChI is InChI=1S/C29H23F5N4O4/c1-18(28(39,15-38-17-35-16-36-38)24-10-7-21(30)12-25(24)31)27-13-26(37-42-27)20-5-8-22(9-6-20)40-14-19-3-2-4-23(11-19)41-29(32,33)34/h2-13,16-18,39H,14-15H2,1H3/t18-,28+/m0/s1. The quantitative estimate of drug-likeness (QED) is 0.190. The lowest BCUT2D eigenvalue weighted by Gasteiger charge is -2.33. The van der Waals surface area contributed by atoms with Crippen LogP contribution in [0.3, 0.4) is 0 Å². The maximum Gasteiger partial charge on any atom is 0.573 e. The Morgan fingerprint density at radius 1 is 0.976 bits per heavy atom. The van der Waals surface area contributed by atoms with Gasteiger partial charge in [-0.25, -0.2) is 18.4 Å². The van der Waals surface area contributed by atoms with Gasteiger partial charge in [0.1, 0.15) is 59.5 Å². The number of nitrogens with zero attached hydrogens (tertiary/aromatic N) is 4. The summed E-state index contributed by atoms with van der Waals surface area (Å²) in [4.78, 5) is 3.86. The monoisotopic (exact) mass is 586 g/mol. The van der Waals surface area contributed by atoms with E-state index in [2.05, 4.69) is 20.0 Å². The molecule has 2 aromatic heterocycles. The van der Waals surface area contributed by atoms with E-state index in [1.807, 2.05) is 0 Å². The molecule has 1 N–H and O–H groups in total. The van der Waals surface area contributed by atoms with E-state index in [1.54, 1.807) is 43.3 Å². The van der Waals surface area contributed by atoms with Crippen molar-refractivity contribution in [3.05, 3.63) is 114 Å². The van der Waals surface area contributed by atoms with E-state index in [0.29, 0.717) is 28.6 Å². The first kappa shape index (κ1) is 28.7. The van der Waals surface area contributed by atoms with Crippen LogP contribution in [0.2, 0.25) is 0 Å². The van der Waals surface area contributed by atoms with Crippen molar-refractivity contribution >= 4 is 0 Å². The molecule has 0 aliphatic carbocycles. The van der Waals surface area contributed by atoms with Crippen LogP contribution in [0.5, 0.6) is 11.5 Å². The zero-order chi connectivity index (χ0) is 29.9. The molecule has 0 aliphatic heterocycles. The van der Waals surface area contributed by atoms with Crippen molar-refractivity contribution in [3.8, 4) is 22.8 Å². The maximum atomic E-state index is 14.9. The SMILES string of the molecule is C[C@@H](c1cc(-c2ccc(OCc3cccc(OC(F)(F)F)c3)cc2)no1)[C@](O)(Cn1cncn1)c1ccc(F)cc1F. The second kappa shape index (κ2) is 11.6. The van der Waals surface area contributed by atoms with E-state index in [9.17, 15) is 27.1 Å². The summed E-state index contributed by atoms with van der Waals surface area (Å²) in [6, 6.07) is 16.7. The first-order chi connectivity index (χ1) is 20.0. The van der Waals surface area contributed by atoms with E-state index in [0.717, 1.165) is 6.07 Å². The lowest BCUT2D eigenvalue weighted by atomic mass is 9.80. The number of hydrogen-bond donors (Lipinski definition) is 1. The minimum absolute atomic E-state index is 0.00429. The van der Waals surface area contributed by atoms with Gasteiger partial charge < -0.3 is 19.1 Å². The van der Waals surface area contributed by atoms with Gasteiger partial charge in [-0.05, 0) is 48.0 Å². The molecule has 0 saturated heterocycles. The van der Waals surface area contributed by atoms with Crippen molar-refractivity contribution in [1.29, 1.82) is 0 Å². The summed E-state index contributed by atoms with van der Waals surface area (Å²) >= 11 is 0. The van der Waals surface area contributed by atoms with Gasteiger partial charge in [0.15, 0.2) is 0 Å². The van der Waals surface area contributed by atoms with E-state index >= 15 is 0 Å².